The van der Waals surface area contributed by atoms with Crippen molar-refractivity contribution in [1.82, 2.24) is 0 Å². The number of rotatable bonds is 2. The summed E-state index contributed by atoms with van der Waals surface area (Å²) >= 11 is 0. The SMILES string of the molecule is CC1(C)c2cc(-c3ccccc3)ccc2-c2ccc(-c3ccc4c5c3ccc3cccc(c35)CC4)cc21. The van der Waals surface area contributed by atoms with Crippen molar-refractivity contribution in [3.8, 4) is 33.4 Å². The third-order valence-electron chi connectivity index (χ3n) is 8.95. The fourth-order valence-electron chi connectivity index (χ4n) is 7.02. The quantitative estimate of drug-likeness (QED) is 0.220. The minimum Gasteiger partial charge on any atom is -0.0622 e. The lowest BCUT2D eigenvalue weighted by atomic mass is 9.80. The summed E-state index contributed by atoms with van der Waals surface area (Å²) in [5.41, 5.74) is 13.8. The van der Waals surface area contributed by atoms with Crippen LogP contribution in [0, 0.1) is 0 Å². The zero-order valence-electron chi connectivity index (χ0n) is 21.3. The van der Waals surface area contributed by atoms with Gasteiger partial charge in [0.2, 0.25) is 0 Å². The van der Waals surface area contributed by atoms with E-state index in [0.29, 0.717) is 0 Å². The van der Waals surface area contributed by atoms with E-state index in [4.69, 9.17) is 0 Å². The maximum Gasteiger partial charge on any atom is 0.0159 e. The highest BCUT2D eigenvalue weighted by atomic mass is 14.4. The summed E-state index contributed by atoms with van der Waals surface area (Å²) in [5, 5.41) is 5.68. The number of fused-ring (bicyclic) bond motifs is 3. The highest BCUT2D eigenvalue weighted by Crippen LogP contribution is 2.51. The Bertz CT molecular complexity index is 1890. The van der Waals surface area contributed by atoms with Crippen LogP contribution >= 0.6 is 0 Å². The molecule has 0 bridgehead atoms. The molecule has 2 aliphatic carbocycles. The van der Waals surface area contributed by atoms with Gasteiger partial charge in [0.25, 0.3) is 0 Å². The normalized spacial score (nSPS) is 14.8. The second-order valence-corrected chi connectivity index (χ2v) is 11.3. The Kier molecular flexibility index (Phi) is 4.21. The summed E-state index contributed by atoms with van der Waals surface area (Å²) in [5.74, 6) is 0. The summed E-state index contributed by atoms with van der Waals surface area (Å²) in [6.07, 6.45) is 2.27. The second kappa shape index (κ2) is 7.43. The van der Waals surface area contributed by atoms with E-state index in [0.717, 1.165) is 12.8 Å². The van der Waals surface area contributed by atoms with Gasteiger partial charge in [0.15, 0.2) is 0 Å². The molecule has 6 aromatic rings. The summed E-state index contributed by atoms with van der Waals surface area (Å²) in [7, 11) is 0. The van der Waals surface area contributed by atoms with Crippen molar-refractivity contribution in [2.75, 3.05) is 0 Å². The average molecular weight is 473 g/mol. The summed E-state index contributed by atoms with van der Waals surface area (Å²) in [6.45, 7) is 4.77. The topological polar surface area (TPSA) is 0 Å². The molecule has 0 unspecified atom stereocenters. The third kappa shape index (κ3) is 2.90. The maximum absolute atomic E-state index is 2.47. The Balaban J connectivity index is 1.31. The number of hydrogen-bond donors (Lipinski definition) is 0. The molecule has 0 atom stereocenters. The van der Waals surface area contributed by atoms with Crippen LogP contribution in [0.25, 0.3) is 54.9 Å². The molecule has 0 heteroatoms. The van der Waals surface area contributed by atoms with Crippen molar-refractivity contribution < 1.29 is 0 Å². The third-order valence-corrected chi connectivity index (χ3v) is 8.95. The summed E-state index contributed by atoms with van der Waals surface area (Å²) in [4.78, 5) is 0. The first-order chi connectivity index (χ1) is 18.1. The van der Waals surface area contributed by atoms with Crippen molar-refractivity contribution in [2.45, 2.75) is 32.1 Å². The van der Waals surface area contributed by atoms with Crippen LogP contribution < -0.4 is 0 Å². The summed E-state index contributed by atoms with van der Waals surface area (Å²) < 4.78 is 0. The van der Waals surface area contributed by atoms with E-state index in [1.165, 1.54) is 77.2 Å². The van der Waals surface area contributed by atoms with Crippen LogP contribution in [0.3, 0.4) is 0 Å². The van der Waals surface area contributed by atoms with Crippen LogP contribution in [0.15, 0.2) is 109 Å². The number of aryl methyl sites for hydroxylation is 2. The monoisotopic (exact) mass is 472 g/mol. The van der Waals surface area contributed by atoms with E-state index in [2.05, 4.69) is 123 Å². The molecule has 0 fully saturated rings. The molecule has 0 aromatic heterocycles. The molecule has 37 heavy (non-hydrogen) atoms. The zero-order chi connectivity index (χ0) is 24.7. The van der Waals surface area contributed by atoms with E-state index >= 15 is 0 Å². The standard InChI is InChI=1S/C37H28/c1-37(2)33-21-27(23-7-4-3-5-8-23)15-18-30(33)31-19-16-28(22-34(31)37)29-17-13-26-12-11-24-9-6-10-25-14-20-32(29)36(26)35(24)25/h3-10,13-22H,11-12H2,1-2H3. The van der Waals surface area contributed by atoms with Gasteiger partial charge in [-0.15, -0.1) is 0 Å². The van der Waals surface area contributed by atoms with E-state index in [9.17, 15) is 0 Å². The van der Waals surface area contributed by atoms with Gasteiger partial charge in [0.1, 0.15) is 0 Å². The molecule has 0 spiro atoms. The van der Waals surface area contributed by atoms with Gasteiger partial charge in [-0.25, -0.2) is 0 Å². The lowest BCUT2D eigenvalue weighted by Gasteiger charge is -2.23. The van der Waals surface area contributed by atoms with E-state index in [-0.39, 0.29) is 5.41 Å². The molecule has 176 valence electrons. The van der Waals surface area contributed by atoms with Crippen molar-refractivity contribution in [3.63, 3.8) is 0 Å². The molecule has 0 saturated carbocycles. The van der Waals surface area contributed by atoms with Gasteiger partial charge in [-0.3, -0.25) is 0 Å². The molecule has 0 amide bonds. The van der Waals surface area contributed by atoms with E-state index < -0.39 is 0 Å². The predicted octanol–water partition coefficient (Wildman–Crippen LogP) is 9.73. The molecule has 0 heterocycles. The summed E-state index contributed by atoms with van der Waals surface area (Å²) in [6, 6.07) is 41.1. The molecule has 0 radical (unpaired) electrons. The van der Waals surface area contributed by atoms with Crippen LogP contribution in [0.4, 0.5) is 0 Å². The van der Waals surface area contributed by atoms with Gasteiger partial charge in [-0.05, 0) is 102 Å². The molecule has 2 aliphatic rings. The van der Waals surface area contributed by atoms with Crippen molar-refractivity contribution >= 4 is 21.5 Å². The molecule has 0 N–H and O–H groups in total. The van der Waals surface area contributed by atoms with Crippen LogP contribution in [-0.4, -0.2) is 0 Å². The largest absolute Gasteiger partial charge is 0.0622 e. The van der Waals surface area contributed by atoms with Gasteiger partial charge < -0.3 is 0 Å². The molecular formula is C37H28. The van der Waals surface area contributed by atoms with Crippen molar-refractivity contribution in [3.05, 3.63) is 131 Å². The van der Waals surface area contributed by atoms with Crippen LogP contribution in [0.5, 0.6) is 0 Å². The van der Waals surface area contributed by atoms with Crippen LogP contribution in [-0.2, 0) is 18.3 Å². The predicted molar refractivity (Wildman–Crippen MR) is 157 cm³/mol. The van der Waals surface area contributed by atoms with Gasteiger partial charge >= 0.3 is 0 Å². The van der Waals surface area contributed by atoms with Gasteiger partial charge in [0, 0.05) is 5.41 Å². The average Bonchev–Trinajstić information content (AvgIpc) is 3.17. The zero-order valence-corrected chi connectivity index (χ0v) is 21.3. The Morgan fingerprint density at radius 2 is 1.16 bits per heavy atom. The minimum absolute atomic E-state index is 0.0491. The Morgan fingerprint density at radius 1 is 0.486 bits per heavy atom. The second-order valence-electron chi connectivity index (χ2n) is 11.3. The maximum atomic E-state index is 2.47. The molecule has 6 aromatic carbocycles. The number of benzene rings is 6. The lowest BCUT2D eigenvalue weighted by Crippen LogP contribution is -2.15. The molecule has 0 saturated heterocycles. The lowest BCUT2D eigenvalue weighted by molar-refractivity contribution is 0.661. The molecular weight excluding hydrogens is 444 g/mol. The highest BCUT2D eigenvalue weighted by Gasteiger charge is 2.36. The Morgan fingerprint density at radius 3 is 1.95 bits per heavy atom. The van der Waals surface area contributed by atoms with Crippen molar-refractivity contribution in [1.29, 1.82) is 0 Å². The minimum atomic E-state index is -0.0491. The Hall–Kier alpha value is -4.16. The first-order valence-electron chi connectivity index (χ1n) is 13.4. The first kappa shape index (κ1) is 21.0. The first-order valence-corrected chi connectivity index (χ1v) is 13.4. The molecule has 0 nitrogen and oxygen atoms in total. The van der Waals surface area contributed by atoms with Gasteiger partial charge in [-0.2, -0.15) is 0 Å². The highest BCUT2D eigenvalue weighted by molar-refractivity contribution is 6.15. The van der Waals surface area contributed by atoms with Gasteiger partial charge in [-0.1, -0.05) is 111 Å². The van der Waals surface area contributed by atoms with Crippen molar-refractivity contribution in [2.24, 2.45) is 0 Å². The van der Waals surface area contributed by atoms with Crippen LogP contribution in [0.1, 0.15) is 36.1 Å². The number of hydrogen-bond acceptors (Lipinski definition) is 0. The molecule has 8 rings (SSSR count). The van der Waals surface area contributed by atoms with Gasteiger partial charge in [0.05, 0.1) is 0 Å². The fourth-order valence-corrected chi connectivity index (χ4v) is 7.02. The Labute approximate surface area is 218 Å². The smallest absolute Gasteiger partial charge is 0.0159 e. The van der Waals surface area contributed by atoms with Crippen LogP contribution in [0.2, 0.25) is 0 Å². The fraction of sp³-hybridized carbons (Fsp3) is 0.135. The molecule has 0 aliphatic heterocycles. The van der Waals surface area contributed by atoms with E-state index in [1.807, 2.05) is 0 Å². The van der Waals surface area contributed by atoms with E-state index in [1.54, 1.807) is 0 Å².